The minimum absolute atomic E-state index is 0.0707. The Morgan fingerprint density at radius 2 is 1.64 bits per heavy atom. The van der Waals surface area contributed by atoms with E-state index in [9.17, 15) is 18.0 Å². The van der Waals surface area contributed by atoms with Crippen molar-refractivity contribution in [2.75, 3.05) is 42.9 Å². The van der Waals surface area contributed by atoms with Crippen LogP contribution in [0.25, 0.3) is 0 Å². The van der Waals surface area contributed by atoms with E-state index in [4.69, 9.17) is 0 Å². The first-order valence-corrected chi connectivity index (χ1v) is 11.6. The molecule has 4 nitrogen and oxygen atoms in total. The van der Waals surface area contributed by atoms with E-state index in [2.05, 4.69) is 5.32 Å². The molecule has 0 atom stereocenters. The molecule has 4 rings (SSSR count). The highest BCUT2D eigenvalue weighted by atomic mass is 32.2. The third-order valence-electron chi connectivity index (χ3n) is 5.55. The molecule has 1 aliphatic rings. The Morgan fingerprint density at radius 1 is 0.939 bits per heavy atom. The molecule has 3 aromatic rings. The first-order valence-electron chi connectivity index (χ1n) is 10.8. The van der Waals surface area contributed by atoms with Crippen molar-refractivity contribution in [1.82, 2.24) is 0 Å². The number of rotatable bonds is 6. The number of halogens is 3. The predicted octanol–water partition coefficient (Wildman–Crippen LogP) is 4.20. The van der Waals surface area contributed by atoms with E-state index >= 15 is 0 Å². The second-order valence-corrected chi connectivity index (χ2v) is 9.04. The Kier molecular flexibility index (Phi) is 7.25. The van der Waals surface area contributed by atoms with Gasteiger partial charge in [0.2, 0.25) is 0 Å². The van der Waals surface area contributed by atoms with Crippen molar-refractivity contribution in [3.8, 4) is 0 Å². The number of piperazine rings is 1. The molecule has 2 N–H and O–H groups in total. The van der Waals surface area contributed by atoms with Crippen molar-refractivity contribution in [1.29, 1.82) is 0 Å². The summed E-state index contributed by atoms with van der Waals surface area (Å²) in [7, 11) is 0. The lowest BCUT2D eigenvalue weighted by atomic mass is 10.1. The van der Waals surface area contributed by atoms with E-state index in [1.54, 1.807) is 17.8 Å². The fraction of sp³-hybridized carbons (Fsp3) is 0.240. The number of nitrogens with one attached hydrogen (secondary N) is 2. The van der Waals surface area contributed by atoms with Gasteiger partial charge in [0.1, 0.15) is 0 Å². The van der Waals surface area contributed by atoms with Crippen LogP contribution in [0.5, 0.6) is 0 Å². The van der Waals surface area contributed by atoms with Gasteiger partial charge in [-0.15, -0.1) is 0 Å². The maximum absolute atomic E-state index is 13.0. The third-order valence-corrected chi connectivity index (χ3v) is 6.64. The summed E-state index contributed by atoms with van der Waals surface area (Å²) in [5.74, 6) is -0.0707. The van der Waals surface area contributed by atoms with Gasteiger partial charge in [-0.1, -0.05) is 48.2 Å². The molecule has 1 amide bonds. The average Bonchev–Trinajstić information content (AvgIpc) is 2.81. The maximum Gasteiger partial charge on any atom is 0.416 e. The van der Waals surface area contributed by atoms with Crippen LogP contribution in [0.15, 0.2) is 88.7 Å². The van der Waals surface area contributed by atoms with Crippen molar-refractivity contribution in [3.05, 3.63) is 84.4 Å². The molecule has 1 aliphatic heterocycles. The molecule has 0 bridgehead atoms. The summed E-state index contributed by atoms with van der Waals surface area (Å²) in [6, 6.07) is 23.1. The highest BCUT2D eigenvalue weighted by molar-refractivity contribution is 7.99. The second kappa shape index (κ2) is 10.3. The Morgan fingerprint density at radius 3 is 2.36 bits per heavy atom. The number of para-hydroxylation sites is 1. The Hall–Kier alpha value is -2.97. The van der Waals surface area contributed by atoms with E-state index in [-0.39, 0.29) is 5.91 Å². The Bertz CT molecular complexity index is 1080. The van der Waals surface area contributed by atoms with Gasteiger partial charge in [0.05, 0.1) is 37.4 Å². The monoisotopic (exact) mass is 472 g/mol. The van der Waals surface area contributed by atoms with Crippen LogP contribution in [-0.4, -0.2) is 38.6 Å². The molecule has 1 fully saturated rings. The summed E-state index contributed by atoms with van der Waals surface area (Å²) in [6.45, 7) is 2.89. The van der Waals surface area contributed by atoms with Crippen molar-refractivity contribution in [3.63, 3.8) is 0 Å². The standard InChI is InChI=1S/C25H24F3N3OS/c26-25(27,28)19-7-6-8-20(17-19)31-15-13-30(14-16-31)18-24(32)29-22-11-4-5-12-23(22)33-21-9-2-1-3-10-21/h1-12,17H,13-16,18H2,(H,29,32)/p+1. The Balaban J connectivity index is 1.32. The number of hydrogen-bond donors (Lipinski definition) is 2. The Labute approximate surface area is 195 Å². The molecule has 172 valence electrons. The molecule has 3 aromatic carbocycles. The zero-order valence-electron chi connectivity index (χ0n) is 17.9. The van der Waals surface area contributed by atoms with Crippen LogP contribution in [0, 0.1) is 0 Å². The molecule has 0 aromatic heterocycles. The zero-order chi connectivity index (χ0) is 23.3. The first-order chi connectivity index (χ1) is 15.9. The van der Waals surface area contributed by atoms with Crippen LogP contribution in [-0.2, 0) is 11.0 Å². The van der Waals surface area contributed by atoms with Gasteiger partial charge in [0, 0.05) is 15.5 Å². The van der Waals surface area contributed by atoms with E-state index in [1.807, 2.05) is 59.5 Å². The van der Waals surface area contributed by atoms with Gasteiger partial charge in [-0.25, -0.2) is 0 Å². The maximum atomic E-state index is 13.0. The number of amides is 1. The predicted molar refractivity (Wildman–Crippen MR) is 125 cm³/mol. The lowest BCUT2D eigenvalue weighted by molar-refractivity contribution is -0.892. The van der Waals surface area contributed by atoms with Gasteiger partial charge in [-0.2, -0.15) is 13.2 Å². The van der Waals surface area contributed by atoms with E-state index < -0.39 is 11.7 Å². The summed E-state index contributed by atoms with van der Waals surface area (Å²) in [5.41, 5.74) is 0.708. The van der Waals surface area contributed by atoms with Crippen molar-refractivity contribution >= 4 is 29.0 Å². The number of quaternary nitrogens is 1. The summed E-state index contributed by atoms with van der Waals surface area (Å²) in [5, 5.41) is 3.03. The summed E-state index contributed by atoms with van der Waals surface area (Å²) >= 11 is 1.59. The number of nitrogens with zero attached hydrogens (tertiary/aromatic N) is 1. The van der Waals surface area contributed by atoms with Gasteiger partial charge >= 0.3 is 6.18 Å². The zero-order valence-corrected chi connectivity index (χ0v) is 18.8. The number of alkyl halides is 3. The van der Waals surface area contributed by atoms with Gasteiger partial charge in [0.15, 0.2) is 6.54 Å². The smallest absolute Gasteiger partial charge is 0.360 e. The van der Waals surface area contributed by atoms with E-state index in [1.165, 1.54) is 12.1 Å². The molecular weight excluding hydrogens is 447 g/mol. The van der Waals surface area contributed by atoms with Crippen LogP contribution in [0.4, 0.5) is 24.5 Å². The molecule has 0 aliphatic carbocycles. The number of carbonyl (C=O) groups is 1. The fourth-order valence-corrected chi connectivity index (χ4v) is 4.76. The fourth-order valence-electron chi connectivity index (χ4n) is 3.83. The number of hydrogen-bond acceptors (Lipinski definition) is 3. The van der Waals surface area contributed by atoms with Crippen molar-refractivity contribution in [2.45, 2.75) is 16.0 Å². The van der Waals surface area contributed by atoms with Gasteiger partial charge in [-0.05, 0) is 42.5 Å². The van der Waals surface area contributed by atoms with Crippen LogP contribution in [0.2, 0.25) is 0 Å². The quantitative estimate of drug-likeness (QED) is 0.565. The molecule has 0 unspecified atom stereocenters. The number of anilines is 2. The molecule has 33 heavy (non-hydrogen) atoms. The lowest BCUT2D eigenvalue weighted by Crippen LogP contribution is -3.15. The highest BCUT2D eigenvalue weighted by Gasteiger charge is 2.31. The molecule has 1 heterocycles. The molecule has 8 heteroatoms. The largest absolute Gasteiger partial charge is 0.416 e. The van der Waals surface area contributed by atoms with Crippen LogP contribution >= 0.6 is 11.8 Å². The lowest BCUT2D eigenvalue weighted by Gasteiger charge is -2.33. The summed E-state index contributed by atoms with van der Waals surface area (Å²) in [6.07, 6.45) is -4.35. The minimum atomic E-state index is -4.35. The molecular formula is C25H25F3N3OS+. The molecule has 1 saturated heterocycles. The van der Waals surface area contributed by atoms with Crippen molar-refractivity contribution in [2.24, 2.45) is 0 Å². The van der Waals surface area contributed by atoms with Crippen molar-refractivity contribution < 1.29 is 22.9 Å². The van der Waals surface area contributed by atoms with Crippen LogP contribution in [0.3, 0.4) is 0 Å². The van der Waals surface area contributed by atoms with Gasteiger partial charge < -0.3 is 15.1 Å². The first kappa shape index (κ1) is 23.2. The normalized spacial score (nSPS) is 14.8. The number of benzene rings is 3. The van der Waals surface area contributed by atoms with Crippen LogP contribution in [0.1, 0.15) is 5.56 Å². The second-order valence-electron chi connectivity index (χ2n) is 7.92. The minimum Gasteiger partial charge on any atom is -0.360 e. The number of carbonyl (C=O) groups excluding carboxylic acids is 1. The highest BCUT2D eigenvalue weighted by Crippen LogP contribution is 2.33. The molecule has 0 radical (unpaired) electrons. The molecule has 0 saturated carbocycles. The van der Waals surface area contributed by atoms with Gasteiger partial charge in [0.25, 0.3) is 5.91 Å². The topological polar surface area (TPSA) is 36.8 Å². The summed E-state index contributed by atoms with van der Waals surface area (Å²) in [4.78, 5) is 17.8. The average molecular weight is 473 g/mol. The van der Waals surface area contributed by atoms with E-state index in [0.717, 1.165) is 26.4 Å². The SMILES string of the molecule is O=C(C[NH+]1CCN(c2cccc(C(F)(F)F)c2)CC1)Nc1ccccc1Sc1ccccc1. The van der Waals surface area contributed by atoms with E-state index in [0.29, 0.717) is 38.4 Å². The third kappa shape index (κ3) is 6.30. The van der Waals surface area contributed by atoms with Crippen LogP contribution < -0.4 is 15.1 Å². The molecule has 0 spiro atoms. The summed E-state index contributed by atoms with van der Waals surface area (Å²) < 4.78 is 39.0. The van der Waals surface area contributed by atoms with Gasteiger partial charge in [-0.3, -0.25) is 4.79 Å².